The smallest absolute Gasteiger partial charge is 0.119 e. The summed E-state index contributed by atoms with van der Waals surface area (Å²) >= 11 is 0. The van der Waals surface area contributed by atoms with Crippen LogP contribution in [0.25, 0.3) is 0 Å². The number of aliphatic hydroxyl groups excluding tert-OH is 2. The highest BCUT2D eigenvalue weighted by molar-refractivity contribution is 5.31. The van der Waals surface area contributed by atoms with E-state index in [9.17, 15) is 10.2 Å². The third-order valence-corrected chi connectivity index (χ3v) is 5.12. The van der Waals surface area contributed by atoms with E-state index in [-0.39, 0.29) is 12.7 Å². The molecule has 2 aliphatic carbocycles. The third kappa shape index (κ3) is 4.26. The number of hydrogen-bond acceptors (Lipinski definition) is 4. The fraction of sp³-hybridized carbons (Fsp3) is 0.500. The second-order valence-corrected chi connectivity index (χ2v) is 7.07. The van der Waals surface area contributed by atoms with Crippen LogP contribution >= 0.6 is 0 Å². The minimum Gasteiger partial charge on any atom is -0.493 e. The van der Waals surface area contributed by atoms with Gasteiger partial charge in [-0.15, -0.1) is 0 Å². The van der Waals surface area contributed by atoms with Crippen LogP contribution in [0.5, 0.6) is 5.75 Å². The summed E-state index contributed by atoms with van der Waals surface area (Å²) in [4.78, 5) is 0. The molecule has 1 fully saturated rings. The van der Waals surface area contributed by atoms with Gasteiger partial charge in [0.05, 0.1) is 19.3 Å². The topological polar surface area (TPSA) is 75.7 Å². The Morgan fingerprint density at radius 1 is 1.25 bits per heavy atom. The molecule has 0 heterocycles. The van der Waals surface area contributed by atoms with Gasteiger partial charge in [0.1, 0.15) is 5.75 Å². The van der Waals surface area contributed by atoms with Gasteiger partial charge in [0.2, 0.25) is 0 Å². The number of ether oxygens (including phenoxy) is 1. The standard InChI is InChI=1S/C20H27NO3/c21-20(14-22)11-9-17(13-20)16-3-7-19(8-4-16)24-12-10-15-1-5-18(23)6-2-15/h1-5,7-8,17-18,22-23H,6,9-14,21H2/t17-,18?,20-/m1/s1. The number of allylic oxidation sites excluding steroid dienone is 1. The highest BCUT2D eigenvalue weighted by Crippen LogP contribution is 2.39. The molecule has 24 heavy (non-hydrogen) atoms. The molecule has 1 aromatic rings. The molecule has 3 atom stereocenters. The van der Waals surface area contributed by atoms with Crippen molar-refractivity contribution < 1.29 is 14.9 Å². The van der Waals surface area contributed by atoms with E-state index in [2.05, 4.69) is 18.2 Å². The summed E-state index contributed by atoms with van der Waals surface area (Å²) in [6.45, 7) is 0.692. The van der Waals surface area contributed by atoms with Crippen molar-refractivity contribution in [1.82, 2.24) is 0 Å². The maximum Gasteiger partial charge on any atom is 0.119 e. The molecule has 4 N–H and O–H groups in total. The monoisotopic (exact) mass is 329 g/mol. The Kier molecular flexibility index (Phi) is 5.39. The second-order valence-electron chi connectivity index (χ2n) is 7.07. The summed E-state index contributed by atoms with van der Waals surface area (Å²) < 4.78 is 5.81. The fourth-order valence-electron chi connectivity index (χ4n) is 3.55. The lowest BCUT2D eigenvalue weighted by Crippen LogP contribution is -2.40. The maximum atomic E-state index is 9.41. The molecule has 3 rings (SSSR count). The minimum atomic E-state index is -0.408. The first-order chi connectivity index (χ1) is 11.6. The van der Waals surface area contributed by atoms with Gasteiger partial charge in [-0.25, -0.2) is 0 Å². The molecule has 1 aromatic carbocycles. The zero-order valence-electron chi connectivity index (χ0n) is 14.0. The number of nitrogens with two attached hydrogens (primary N) is 1. The molecule has 1 saturated carbocycles. The van der Waals surface area contributed by atoms with E-state index in [1.807, 2.05) is 24.3 Å². The van der Waals surface area contributed by atoms with E-state index in [0.717, 1.165) is 31.4 Å². The van der Waals surface area contributed by atoms with E-state index in [1.165, 1.54) is 11.1 Å². The molecular weight excluding hydrogens is 302 g/mol. The lowest BCUT2D eigenvalue weighted by atomic mass is 9.94. The van der Waals surface area contributed by atoms with Crippen LogP contribution in [0.1, 0.15) is 43.6 Å². The zero-order valence-corrected chi connectivity index (χ0v) is 14.0. The SMILES string of the molecule is N[C@]1(CO)CC[C@@H](c2ccc(OCCC3=CCC(O)C=C3)cc2)C1. The molecule has 0 aromatic heterocycles. The maximum absolute atomic E-state index is 9.41. The molecule has 130 valence electrons. The first-order valence-corrected chi connectivity index (χ1v) is 8.76. The second kappa shape index (κ2) is 7.51. The molecule has 0 amide bonds. The van der Waals surface area contributed by atoms with Gasteiger partial charge in [-0.2, -0.15) is 0 Å². The van der Waals surface area contributed by atoms with Crippen molar-refractivity contribution in [3.05, 3.63) is 53.6 Å². The quantitative estimate of drug-likeness (QED) is 0.750. The fourth-order valence-corrected chi connectivity index (χ4v) is 3.55. The van der Waals surface area contributed by atoms with E-state index < -0.39 is 5.54 Å². The van der Waals surface area contributed by atoms with Gasteiger partial charge >= 0.3 is 0 Å². The molecule has 0 spiro atoms. The molecule has 0 aliphatic heterocycles. The van der Waals surface area contributed by atoms with Gasteiger partial charge in [0.25, 0.3) is 0 Å². The van der Waals surface area contributed by atoms with Crippen molar-refractivity contribution in [3.63, 3.8) is 0 Å². The Labute approximate surface area is 143 Å². The van der Waals surface area contributed by atoms with Gasteiger partial charge in [-0.1, -0.05) is 30.4 Å². The van der Waals surface area contributed by atoms with E-state index in [0.29, 0.717) is 18.9 Å². The average Bonchev–Trinajstić information content (AvgIpc) is 3.00. The average molecular weight is 329 g/mol. The van der Waals surface area contributed by atoms with Crippen LogP contribution < -0.4 is 10.5 Å². The molecular formula is C20H27NO3. The van der Waals surface area contributed by atoms with Gasteiger partial charge in [-0.3, -0.25) is 0 Å². The summed E-state index contributed by atoms with van der Waals surface area (Å²) in [6.07, 6.45) is 9.83. The molecule has 4 heteroatoms. The Morgan fingerprint density at radius 2 is 2.04 bits per heavy atom. The van der Waals surface area contributed by atoms with Gasteiger partial charge in [0.15, 0.2) is 0 Å². The Bertz CT molecular complexity index is 608. The lowest BCUT2D eigenvalue weighted by molar-refractivity contribution is 0.198. The van der Waals surface area contributed by atoms with Gasteiger partial charge < -0.3 is 20.7 Å². The predicted octanol–water partition coefficient (Wildman–Crippen LogP) is 2.66. The largest absolute Gasteiger partial charge is 0.493 e. The van der Waals surface area contributed by atoms with E-state index in [4.69, 9.17) is 10.5 Å². The van der Waals surface area contributed by atoms with E-state index in [1.54, 1.807) is 0 Å². The molecule has 0 saturated heterocycles. The van der Waals surface area contributed by atoms with Crippen molar-refractivity contribution >= 4 is 0 Å². The summed E-state index contributed by atoms with van der Waals surface area (Å²) in [7, 11) is 0. The summed E-state index contributed by atoms with van der Waals surface area (Å²) in [5.74, 6) is 1.30. The molecule has 1 unspecified atom stereocenters. The third-order valence-electron chi connectivity index (χ3n) is 5.12. The first-order valence-electron chi connectivity index (χ1n) is 8.76. The first kappa shape index (κ1) is 17.2. The Morgan fingerprint density at radius 3 is 2.67 bits per heavy atom. The van der Waals surface area contributed by atoms with Crippen molar-refractivity contribution in [2.45, 2.75) is 49.7 Å². The lowest BCUT2D eigenvalue weighted by Gasteiger charge is -2.21. The van der Waals surface area contributed by atoms with E-state index >= 15 is 0 Å². The molecule has 2 aliphatic rings. The van der Waals surface area contributed by atoms with Crippen LogP contribution in [-0.4, -0.2) is 35.1 Å². The highest BCUT2D eigenvalue weighted by atomic mass is 16.5. The van der Waals surface area contributed by atoms with Crippen molar-refractivity contribution in [2.24, 2.45) is 5.73 Å². The van der Waals surface area contributed by atoms with Crippen molar-refractivity contribution in [2.75, 3.05) is 13.2 Å². The molecule has 0 radical (unpaired) electrons. The van der Waals surface area contributed by atoms with Crippen LogP contribution in [0, 0.1) is 0 Å². The van der Waals surface area contributed by atoms with Crippen LogP contribution in [0.4, 0.5) is 0 Å². The van der Waals surface area contributed by atoms with Crippen LogP contribution in [0.3, 0.4) is 0 Å². The Balaban J connectivity index is 1.48. The zero-order chi connectivity index (χ0) is 17.0. The van der Waals surface area contributed by atoms with Crippen LogP contribution in [0.15, 0.2) is 48.1 Å². The summed E-state index contributed by atoms with van der Waals surface area (Å²) in [5, 5.41) is 18.8. The van der Waals surface area contributed by atoms with Crippen molar-refractivity contribution in [1.29, 1.82) is 0 Å². The van der Waals surface area contributed by atoms with Crippen molar-refractivity contribution in [3.8, 4) is 5.75 Å². The highest BCUT2D eigenvalue weighted by Gasteiger charge is 2.35. The van der Waals surface area contributed by atoms with Crippen LogP contribution in [-0.2, 0) is 0 Å². The Hall–Kier alpha value is -1.62. The van der Waals surface area contributed by atoms with Gasteiger partial charge in [-0.05, 0) is 54.9 Å². The minimum absolute atomic E-state index is 0.0615. The molecule has 4 nitrogen and oxygen atoms in total. The molecule has 0 bridgehead atoms. The number of hydrogen-bond donors (Lipinski definition) is 3. The predicted molar refractivity (Wildman–Crippen MR) is 95.0 cm³/mol. The summed E-state index contributed by atoms with van der Waals surface area (Å²) in [5.41, 5.74) is 8.24. The number of benzene rings is 1. The number of rotatable bonds is 6. The summed E-state index contributed by atoms with van der Waals surface area (Å²) in [6, 6.07) is 8.25. The van der Waals surface area contributed by atoms with Gasteiger partial charge in [0, 0.05) is 12.0 Å². The number of aliphatic hydroxyl groups is 2. The normalized spacial score (nSPS) is 29.5. The van der Waals surface area contributed by atoms with Crippen LogP contribution in [0.2, 0.25) is 0 Å².